The molecule has 3 nitrogen and oxygen atoms in total. The summed E-state index contributed by atoms with van der Waals surface area (Å²) in [4.78, 5) is 16.9. The molecule has 2 fully saturated rings. The molecule has 2 heterocycles. The molecule has 1 unspecified atom stereocenters. The SMILES string of the molecule is O=C1N(c2ccc(F)cc2)CCCC12CCCN(CCCC(F)(F)F)C2. The molecule has 2 aliphatic heterocycles. The van der Waals surface area contributed by atoms with Crippen LogP contribution < -0.4 is 4.90 Å². The van der Waals surface area contributed by atoms with E-state index in [4.69, 9.17) is 0 Å². The molecule has 1 spiro atoms. The lowest BCUT2D eigenvalue weighted by Crippen LogP contribution is -2.56. The predicted octanol–water partition coefficient (Wildman–Crippen LogP) is 4.38. The molecule has 3 rings (SSSR count). The number of carbonyl (C=O) groups is 1. The second-order valence-electron chi connectivity index (χ2n) is 7.42. The molecule has 1 aromatic carbocycles. The van der Waals surface area contributed by atoms with Gasteiger partial charge < -0.3 is 9.80 Å². The Morgan fingerprint density at radius 2 is 1.69 bits per heavy atom. The third-order valence-electron chi connectivity index (χ3n) is 5.46. The largest absolute Gasteiger partial charge is 0.389 e. The van der Waals surface area contributed by atoms with Crippen molar-refractivity contribution in [2.75, 3.05) is 31.1 Å². The van der Waals surface area contributed by atoms with Gasteiger partial charge in [-0.05, 0) is 69.5 Å². The molecule has 0 bridgehead atoms. The Labute approximate surface area is 151 Å². The Kier molecular flexibility index (Phi) is 5.55. The van der Waals surface area contributed by atoms with Gasteiger partial charge >= 0.3 is 6.18 Å². The molecule has 0 aliphatic carbocycles. The molecule has 1 amide bonds. The minimum atomic E-state index is -4.13. The Hall–Kier alpha value is -1.63. The number of alkyl halides is 3. The quantitative estimate of drug-likeness (QED) is 0.733. The Bertz CT molecular complexity index is 627. The van der Waals surface area contributed by atoms with E-state index in [1.54, 1.807) is 17.0 Å². The summed E-state index contributed by atoms with van der Waals surface area (Å²) in [6, 6.07) is 5.90. The first kappa shape index (κ1) is 19.1. The van der Waals surface area contributed by atoms with Crippen LogP contribution in [0.1, 0.15) is 38.5 Å². The van der Waals surface area contributed by atoms with Crippen molar-refractivity contribution < 1.29 is 22.4 Å². The van der Waals surface area contributed by atoms with Crippen LogP contribution in [0.4, 0.5) is 23.2 Å². The summed E-state index contributed by atoms with van der Waals surface area (Å²) in [7, 11) is 0. The van der Waals surface area contributed by atoms with Crippen molar-refractivity contribution in [1.82, 2.24) is 4.90 Å². The first-order valence-corrected chi connectivity index (χ1v) is 9.16. The summed E-state index contributed by atoms with van der Waals surface area (Å²) in [5, 5.41) is 0. The van der Waals surface area contributed by atoms with Crippen LogP contribution in [0.15, 0.2) is 24.3 Å². The number of rotatable bonds is 4. The van der Waals surface area contributed by atoms with Gasteiger partial charge in [-0.25, -0.2) is 4.39 Å². The van der Waals surface area contributed by atoms with Crippen molar-refractivity contribution in [3.63, 3.8) is 0 Å². The van der Waals surface area contributed by atoms with Crippen LogP contribution in [0, 0.1) is 11.2 Å². The van der Waals surface area contributed by atoms with E-state index in [2.05, 4.69) is 0 Å². The molecule has 1 aromatic rings. The van der Waals surface area contributed by atoms with Crippen molar-refractivity contribution in [3.8, 4) is 0 Å². The molecule has 7 heteroatoms. The highest BCUT2D eigenvalue weighted by Gasteiger charge is 2.46. The highest BCUT2D eigenvalue weighted by atomic mass is 19.4. The summed E-state index contributed by atoms with van der Waals surface area (Å²) in [6.07, 6.45) is -1.66. The number of amides is 1. The minimum Gasteiger partial charge on any atom is -0.312 e. The van der Waals surface area contributed by atoms with Crippen molar-refractivity contribution in [1.29, 1.82) is 0 Å². The summed E-state index contributed by atoms with van der Waals surface area (Å²) in [6.45, 7) is 2.22. The number of likely N-dealkylation sites (tertiary alicyclic amines) is 1. The zero-order chi connectivity index (χ0) is 18.8. The summed E-state index contributed by atoms with van der Waals surface area (Å²) < 4.78 is 50.3. The first-order valence-electron chi connectivity index (χ1n) is 9.16. The summed E-state index contributed by atoms with van der Waals surface area (Å²) in [5.74, 6) is -0.322. The minimum absolute atomic E-state index is 0.0240. The van der Waals surface area contributed by atoms with Crippen LogP contribution in [-0.2, 0) is 4.79 Å². The number of piperidine rings is 2. The third kappa shape index (κ3) is 4.37. The Morgan fingerprint density at radius 3 is 2.35 bits per heavy atom. The molecule has 0 aromatic heterocycles. The lowest BCUT2D eigenvalue weighted by Gasteiger charge is -2.47. The number of hydrogen-bond acceptors (Lipinski definition) is 2. The maximum atomic E-state index is 13.2. The molecule has 2 aliphatic rings. The lowest BCUT2D eigenvalue weighted by molar-refractivity contribution is -0.139. The van der Waals surface area contributed by atoms with Crippen LogP contribution in [0.2, 0.25) is 0 Å². The van der Waals surface area contributed by atoms with Gasteiger partial charge in [0.1, 0.15) is 5.82 Å². The average molecular weight is 372 g/mol. The van der Waals surface area contributed by atoms with Gasteiger partial charge in [-0.15, -0.1) is 0 Å². The standard InChI is InChI=1S/C19H24F4N2O/c20-15-4-6-16(7-5-15)25-13-2-9-18(17(25)26)8-1-11-24(14-18)12-3-10-19(21,22)23/h4-7H,1-3,8-14H2. The van der Waals surface area contributed by atoms with Crippen LogP contribution in [0.25, 0.3) is 0 Å². The van der Waals surface area contributed by atoms with Crippen LogP contribution in [-0.4, -0.2) is 43.2 Å². The van der Waals surface area contributed by atoms with Crippen molar-refractivity contribution in [2.24, 2.45) is 5.41 Å². The van der Waals surface area contributed by atoms with E-state index in [0.717, 1.165) is 32.2 Å². The van der Waals surface area contributed by atoms with Crippen LogP contribution >= 0.6 is 0 Å². The number of hydrogen-bond donors (Lipinski definition) is 0. The topological polar surface area (TPSA) is 23.6 Å². The highest BCUT2D eigenvalue weighted by Crippen LogP contribution is 2.41. The van der Waals surface area contributed by atoms with E-state index in [9.17, 15) is 22.4 Å². The monoisotopic (exact) mass is 372 g/mol. The number of benzene rings is 1. The van der Waals surface area contributed by atoms with Gasteiger partial charge in [0.25, 0.3) is 0 Å². The van der Waals surface area contributed by atoms with Crippen LogP contribution in [0.5, 0.6) is 0 Å². The average Bonchev–Trinajstić information content (AvgIpc) is 2.58. The molecule has 0 N–H and O–H groups in total. The van der Waals surface area contributed by atoms with E-state index in [-0.39, 0.29) is 18.1 Å². The number of carbonyl (C=O) groups excluding carboxylic acids is 1. The number of anilines is 1. The van der Waals surface area contributed by atoms with E-state index < -0.39 is 18.0 Å². The maximum Gasteiger partial charge on any atom is 0.389 e. The van der Waals surface area contributed by atoms with E-state index >= 15 is 0 Å². The zero-order valence-electron chi connectivity index (χ0n) is 14.7. The van der Waals surface area contributed by atoms with Crippen molar-refractivity contribution in [3.05, 3.63) is 30.1 Å². The summed E-state index contributed by atoms with van der Waals surface area (Å²) >= 11 is 0. The molecule has 26 heavy (non-hydrogen) atoms. The fourth-order valence-electron chi connectivity index (χ4n) is 4.24. The van der Waals surface area contributed by atoms with Gasteiger partial charge in [0.05, 0.1) is 5.41 Å². The predicted molar refractivity (Wildman–Crippen MR) is 91.4 cm³/mol. The Balaban J connectivity index is 1.67. The van der Waals surface area contributed by atoms with Crippen molar-refractivity contribution in [2.45, 2.75) is 44.7 Å². The molecule has 1 atom stereocenters. The smallest absolute Gasteiger partial charge is 0.312 e. The maximum absolute atomic E-state index is 13.2. The number of halogens is 4. The molecular weight excluding hydrogens is 348 g/mol. The lowest BCUT2D eigenvalue weighted by atomic mass is 9.72. The fourth-order valence-corrected chi connectivity index (χ4v) is 4.24. The van der Waals surface area contributed by atoms with Gasteiger partial charge in [0.15, 0.2) is 0 Å². The van der Waals surface area contributed by atoms with E-state index in [0.29, 0.717) is 25.3 Å². The summed E-state index contributed by atoms with van der Waals surface area (Å²) in [5.41, 5.74) is 0.160. The van der Waals surface area contributed by atoms with Gasteiger partial charge in [-0.2, -0.15) is 13.2 Å². The molecule has 144 valence electrons. The van der Waals surface area contributed by atoms with Gasteiger partial charge in [0.2, 0.25) is 5.91 Å². The molecular formula is C19H24F4N2O. The van der Waals surface area contributed by atoms with Gasteiger partial charge in [-0.1, -0.05) is 0 Å². The normalized spacial score (nSPS) is 25.1. The highest BCUT2D eigenvalue weighted by molar-refractivity contribution is 5.98. The number of nitrogens with zero attached hydrogens (tertiary/aromatic N) is 2. The molecule has 0 saturated carbocycles. The molecule has 2 saturated heterocycles. The van der Waals surface area contributed by atoms with E-state index in [1.165, 1.54) is 12.1 Å². The third-order valence-corrected chi connectivity index (χ3v) is 5.46. The Morgan fingerprint density at radius 1 is 1.04 bits per heavy atom. The zero-order valence-corrected chi connectivity index (χ0v) is 14.7. The first-order chi connectivity index (χ1) is 12.3. The van der Waals surface area contributed by atoms with E-state index in [1.807, 2.05) is 4.90 Å². The second-order valence-corrected chi connectivity index (χ2v) is 7.42. The van der Waals surface area contributed by atoms with Crippen molar-refractivity contribution >= 4 is 11.6 Å². The second kappa shape index (κ2) is 7.55. The van der Waals surface area contributed by atoms with Crippen LogP contribution in [0.3, 0.4) is 0 Å². The fraction of sp³-hybridized carbons (Fsp3) is 0.632. The molecule has 0 radical (unpaired) electrons. The van der Waals surface area contributed by atoms with Gasteiger partial charge in [-0.3, -0.25) is 4.79 Å². The van der Waals surface area contributed by atoms with Gasteiger partial charge in [0, 0.05) is 25.2 Å².